The molecule has 0 saturated carbocycles. The number of benzene rings is 4. The van der Waals surface area contributed by atoms with Crippen LogP contribution in [0.3, 0.4) is 0 Å². The first-order valence-electron chi connectivity index (χ1n) is 19.6. The molecule has 300 valence electrons. The van der Waals surface area contributed by atoms with Crippen LogP contribution >= 0.6 is 25.2 Å². The Bertz CT molecular complexity index is 3140. The van der Waals surface area contributed by atoms with E-state index in [2.05, 4.69) is 117 Å². The van der Waals surface area contributed by atoms with Crippen LogP contribution in [0.1, 0.15) is 69.1 Å². The van der Waals surface area contributed by atoms with Crippen LogP contribution < -0.4 is 0 Å². The van der Waals surface area contributed by atoms with Gasteiger partial charge in [0.2, 0.25) is 11.4 Å². The minimum atomic E-state index is 0. The van der Waals surface area contributed by atoms with Gasteiger partial charge in [0.15, 0.2) is 0 Å². The topological polar surface area (TPSA) is 77.8 Å². The van der Waals surface area contributed by atoms with E-state index in [0.29, 0.717) is 22.4 Å². The van der Waals surface area contributed by atoms with E-state index in [1.54, 1.807) is 0 Å². The number of fused-ring (bicyclic) bond motifs is 8. The summed E-state index contributed by atoms with van der Waals surface area (Å²) in [5, 5.41) is 9.40. The molecule has 0 spiro atoms. The number of nitrogens with zero attached hydrogens (tertiary/aromatic N) is 4. The van der Waals surface area contributed by atoms with Crippen LogP contribution in [0, 0.1) is 34.1 Å². The first-order valence-corrected chi connectivity index (χ1v) is 26.9. The van der Waals surface area contributed by atoms with E-state index in [4.69, 9.17) is 25.4 Å². The number of furan rings is 2. The normalized spacial score (nSPS) is 11.0. The molecule has 6 heterocycles. The standard InChI is InChI=1S/C25H22N2O.C22H15ClN2O.C3H7.CH4.BrH.Zn/c1-14(2)17-6-8-19-18(13-17)9-10-26-23(19)22-12-15(3)11-21-20-7-5-16(4)27-25(20)28-24(21)22;1-12-9-18-17-5-3-13(2)25-22(17)26-21(18)19(10-12)20-16-6-4-15(23)11-14(16)7-8-24-20;1-3-2;;;/h5-14H,1-4H3;3-11H,1-2H3;3H,1-2H3;1H4;1H;/q;;-1;;;+2/p-1. The molecular formula is C51H48BrClN4O2Zn. The van der Waals surface area contributed by atoms with Crippen LogP contribution in [-0.4, -0.2) is 19.9 Å². The van der Waals surface area contributed by atoms with Crippen molar-refractivity contribution >= 4 is 90.9 Å². The molecule has 0 radical (unpaired) electrons. The Hall–Kier alpha value is -5.01. The molecular weight excluding hydrogens is 881 g/mol. The van der Waals surface area contributed by atoms with Gasteiger partial charge in [0.1, 0.15) is 11.2 Å². The average Bonchev–Trinajstić information content (AvgIpc) is 3.77. The van der Waals surface area contributed by atoms with Crippen molar-refractivity contribution in [2.45, 2.75) is 68.7 Å². The Balaban J connectivity index is 0.000000180. The number of halogens is 2. The van der Waals surface area contributed by atoms with Gasteiger partial charge >= 0.3 is 30.0 Å². The van der Waals surface area contributed by atoms with E-state index >= 15 is 0 Å². The van der Waals surface area contributed by atoms with Gasteiger partial charge in [0.25, 0.3) is 0 Å². The van der Waals surface area contributed by atoms with Crippen molar-refractivity contribution in [2.75, 3.05) is 0 Å². The second-order valence-electron chi connectivity index (χ2n) is 15.1. The Labute approximate surface area is 373 Å². The van der Waals surface area contributed by atoms with Crippen LogP contribution in [0.4, 0.5) is 0 Å². The Kier molecular flexibility index (Phi) is 14.2. The molecule has 0 N–H and O–H groups in total. The summed E-state index contributed by atoms with van der Waals surface area (Å²) >= 11 is 10.4. The molecule has 0 aliphatic carbocycles. The predicted molar refractivity (Wildman–Crippen MR) is 254 cm³/mol. The van der Waals surface area contributed by atoms with Gasteiger partial charge in [-0.05, 0) is 134 Å². The predicted octanol–water partition coefficient (Wildman–Crippen LogP) is 16.1. The zero-order valence-electron chi connectivity index (χ0n) is 34.6. The maximum atomic E-state index is 6.23. The molecule has 4 aromatic carbocycles. The molecule has 10 aromatic rings. The minimum absolute atomic E-state index is 0. The van der Waals surface area contributed by atoms with Gasteiger partial charge in [-0.2, -0.15) is 13.8 Å². The van der Waals surface area contributed by atoms with Gasteiger partial charge in [-0.3, -0.25) is 9.97 Å². The third kappa shape index (κ3) is 8.88. The van der Waals surface area contributed by atoms with Crippen molar-refractivity contribution in [1.82, 2.24) is 19.9 Å². The third-order valence-corrected chi connectivity index (χ3v) is 10.4. The second-order valence-corrected chi connectivity index (χ2v) is 15.5. The Morgan fingerprint density at radius 2 is 1.00 bits per heavy atom. The number of pyridine rings is 4. The van der Waals surface area contributed by atoms with Gasteiger partial charge in [-0.1, -0.05) is 57.1 Å². The summed E-state index contributed by atoms with van der Waals surface area (Å²) in [6, 6.07) is 33.4. The molecule has 6 nitrogen and oxygen atoms in total. The number of hydrogen-bond acceptors (Lipinski definition) is 6. The molecule has 9 heteroatoms. The van der Waals surface area contributed by atoms with Crippen LogP contribution in [-0.2, 0) is 16.3 Å². The summed E-state index contributed by atoms with van der Waals surface area (Å²) in [6.07, 6.45) is 5.70. The third-order valence-electron chi connectivity index (χ3n) is 10.1. The van der Waals surface area contributed by atoms with E-state index in [0.717, 1.165) is 88.3 Å². The van der Waals surface area contributed by atoms with E-state index in [-0.39, 0.29) is 7.43 Å². The van der Waals surface area contributed by atoms with Crippen molar-refractivity contribution in [2.24, 2.45) is 0 Å². The van der Waals surface area contributed by atoms with Gasteiger partial charge in [-0.25, -0.2) is 9.97 Å². The summed E-state index contributed by atoms with van der Waals surface area (Å²) in [6.45, 7) is 16.6. The van der Waals surface area contributed by atoms with Crippen molar-refractivity contribution < 1.29 is 25.2 Å². The molecule has 0 unspecified atom stereocenters. The average molecular weight is 930 g/mol. The van der Waals surface area contributed by atoms with E-state index in [1.807, 2.05) is 82.9 Å². The molecule has 0 aliphatic heterocycles. The Morgan fingerprint density at radius 3 is 1.47 bits per heavy atom. The summed E-state index contributed by atoms with van der Waals surface area (Å²) in [5.74, 6) is 0.497. The first kappa shape index (κ1) is 44.5. The van der Waals surface area contributed by atoms with Crippen LogP contribution in [0.5, 0.6) is 0 Å². The Morgan fingerprint density at radius 1 is 0.567 bits per heavy atom. The van der Waals surface area contributed by atoms with Crippen molar-refractivity contribution in [3.05, 3.63) is 149 Å². The number of aryl methyl sites for hydroxylation is 4. The van der Waals surface area contributed by atoms with E-state index < -0.39 is 0 Å². The monoisotopic (exact) mass is 926 g/mol. The quantitative estimate of drug-likeness (QED) is 0.130. The summed E-state index contributed by atoms with van der Waals surface area (Å²) in [7, 11) is 0. The van der Waals surface area contributed by atoms with Gasteiger partial charge in [0, 0.05) is 72.2 Å². The van der Waals surface area contributed by atoms with E-state index in [9.17, 15) is 0 Å². The van der Waals surface area contributed by atoms with Gasteiger partial charge in [0.05, 0.1) is 11.4 Å². The fourth-order valence-corrected chi connectivity index (χ4v) is 7.66. The van der Waals surface area contributed by atoms with Crippen molar-refractivity contribution in [3.8, 4) is 22.5 Å². The van der Waals surface area contributed by atoms with Gasteiger partial charge in [-0.15, -0.1) is 0 Å². The SMILES string of the molecule is C.C[CH-]C.Cc1cc(-c2nccc3cc(C(C)C)ccc23)c2oc3nc(C)ccc3c2c1.Cc1cc(-c2nccc3cc(Cl)ccc23)c2oc3nc(C)ccc3c2c1.[Zn+][Br]. The maximum absolute atomic E-state index is 6.23. The fourth-order valence-electron chi connectivity index (χ4n) is 7.48. The summed E-state index contributed by atoms with van der Waals surface area (Å²) in [4.78, 5) is 18.5. The zero-order valence-corrected chi connectivity index (χ0v) is 39.9. The van der Waals surface area contributed by atoms with Crippen LogP contribution in [0.2, 0.25) is 5.02 Å². The van der Waals surface area contributed by atoms with Crippen LogP contribution in [0.15, 0.2) is 118 Å². The molecule has 60 heavy (non-hydrogen) atoms. The zero-order chi connectivity index (χ0) is 42.0. The molecule has 0 atom stereocenters. The molecule has 0 aliphatic rings. The van der Waals surface area contributed by atoms with E-state index in [1.165, 1.54) is 32.9 Å². The summed E-state index contributed by atoms with van der Waals surface area (Å²) in [5.41, 5.74) is 12.4. The fraction of sp³-hybridized carbons (Fsp3) is 0.196. The summed E-state index contributed by atoms with van der Waals surface area (Å²) < 4.78 is 12.4. The van der Waals surface area contributed by atoms with Crippen molar-refractivity contribution in [1.29, 1.82) is 0 Å². The molecule has 0 amide bonds. The van der Waals surface area contributed by atoms with Gasteiger partial charge < -0.3 is 15.3 Å². The van der Waals surface area contributed by atoms with Crippen molar-refractivity contribution in [3.63, 3.8) is 0 Å². The molecule has 6 aromatic heterocycles. The van der Waals surface area contributed by atoms with Crippen LogP contribution in [0.25, 0.3) is 88.2 Å². The number of hydrogen-bond donors (Lipinski definition) is 0. The molecule has 10 rings (SSSR count). The number of rotatable bonds is 3. The number of aromatic nitrogens is 4. The second kappa shape index (κ2) is 19.1. The molecule has 0 saturated heterocycles. The first-order chi connectivity index (χ1) is 28.5. The molecule has 0 bridgehead atoms. The molecule has 0 fully saturated rings.